The van der Waals surface area contributed by atoms with Gasteiger partial charge in [0.15, 0.2) is 12.4 Å². The molecule has 0 amide bonds. The lowest BCUT2D eigenvalue weighted by Gasteiger charge is -2.08. The van der Waals surface area contributed by atoms with Crippen LogP contribution in [0.15, 0.2) is 79.0 Å². The molecule has 0 atom stereocenters. The Morgan fingerprint density at radius 2 is 1.69 bits per heavy atom. The molecule has 29 heavy (non-hydrogen) atoms. The minimum absolute atomic E-state index is 0.0214. The molecule has 0 saturated heterocycles. The molecule has 0 unspecified atom stereocenters. The maximum Gasteiger partial charge on any atom is 0.328 e. The normalized spacial score (nSPS) is 10.6. The van der Waals surface area contributed by atoms with Crippen molar-refractivity contribution in [2.75, 3.05) is 6.61 Å². The monoisotopic (exact) mass is 389 g/mol. The Morgan fingerprint density at radius 3 is 2.34 bits per heavy atom. The van der Waals surface area contributed by atoms with Crippen LogP contribution in [0.1, 0.15) is 21.5 Å². The highest BCUT2D eigenvalue weighted by Crippen LogP contribution is 2.15. The summed E-state index contributed by atoms with van der Waals surface area (Å²) in [4.78, 5) is 26.7. The summed E-state index contributed by atoms with van der Waals surface area (Å²) in [5.41, 5.74) is 2.21. The van der Waals surface area contributed by atoms with E-state index in [0.29, 0.717) is 29.4 Å². The van der Waals surface area contributed by atoms with E-state index in [1.807, 2.05) is 30.3 Å². The largest absolute Gasteiger partial charge is 0.485 e. The second kappa shape index (κ2) is 9.85. The summed E-state index contributed by atoms with van der Waals surface area (Å²) >= 11 is 0. The molecule has 0 bridgehead atoms. The van der Waals surface area contributed by atoms with Gasteiger partial charge in [-0.1, -0.05) is 42.5 Å². The molecule has 3 aromatic rings. The second-order valence-corrected chi connectivity index (χ2v) is 6.11. The van der Waals surface area contributed by atoms with Gasteiger partial charge in [0.25, 0.3) is 0 Å². The number of rotatable bonds is 9. The molecule has 0 spiro atoms. The number of hydrogen-bond donors (Lipinski definition) is 1. The average molecular weight is 389 g/mol. The first-order valence-electron chi connectivity index (χ1n) is 8.90. The maximum absolute atomic E-state index is 12.1. The molecular formula is C23H19NO5. The van der Waals surface area contributed by atoms with Crippen molar-refractivity contribution in [1.82, 2.24) is 4.98 Å². The van der Waals surface area contributed by atoms with Crippen molar-refractivity contribution in [3.05, 3.63) is 95.7 Å². The van der Waals surface area contributed by atoms with E-state index in [-0.39, 0.29) is 12.4 Å². The van der Waals surface area contributed by atoms with Crippen LogP contribution in [-0.4, -0.2) is 28.4 Å². The summed E-state index contributed by atoms with van der Waals surface area (Å²) in [7, 11) is 0. The van der Waals surface area contributed by atoms with Crippen molar-refractivity contribution in [1.29, 1.82) is 0 Å². The van der Waals surface area contributed by atoms with Crippen molar-refractivity contribution >= 4 is 17.8 Å². The van der Waals surface area contributed by atoms with Crippen LogP contribution in [0, 0.1) is 0 Å². The van der Waals surface area contributed by atoms with Gasteiger partial charge >= 0.3 is 5.97 Å². The van der Waals surface area contributed by atoms with Crippen LogP contribution in [0.25, 0.3) is 6.08 Å². The van der Waals surface area contributed by atoms with Crippen LogP contribution in [0.4, 0.5) is 0 Å². The van der Waals surface area contributed by atoms with Gasteiger partial charge in [-0.05, 0) is 35.4 Å². The number of aromatic nitrogens is 1. The first kappa shape index (κ1) is 19.8. The Hall–Kier alpha value is -3.93. The smallest absolute Gasteiger partial charge is 0.328 e. The number of carbonyl (C=O) groups excluding carboxylic acids is 1. The number of carboxylic acids is 1. The first-order valence-corrected chi connectivity index (χ1v) is 8.90. The second-order valence-electron chi connectivity index (χ2n) is 6.11. The molecule has 0 aliphatic rings. The van der Waals surface area contributed by atoms with E-state index in [2.05, 4.69) is 4.98 Å². The molecule has 1 N–H and O–H groups in total. The summed E-state index contributed by atoms with van der Waals surface area (Å²) in [5.74, 6) is -0.0510. The standard InChI is InChI=1S/C23H19NO5/c25-21(19-4-2-1-3-5-19)16-28-20-10-6-18(7-11-20)15-29-22-12-8-17(14-24-22)9-13-23(26)27/h1-14H,15-16H2,(H,26,27)/b13-9+. The fraction of sp³-hybridized carbons (Fsp3) is 0.0870. The molecule has 3 rings (SSSR count). The maximum atomic E-state index is 12.1. The molecule has 6 nitrogen and oxygen atoms in total. The van der Waals surface area contributed by atoms with Crippen LogP contribution < -0.4 is 9.47 Å². The number of carbonyl (C=O) groups is 2. The van der Waals surface area contributed by atoms with Crippen molar-refractivity contribution in [3.63, 3.8) is 0 Å². The van der Waals surface area contributed by atoms with E-state index in [1.165, 1.54) is 12.3 Å². The number of ketones is 1. The predicted octanol–water partition coefficient (Wildman–Crippen LogP) is 4.02. The number of carboxylic acid groups (broad SMARTS) is 1. The van der Waals surface area contributed by atoms with E-state index in [4.69, 9.17) is 14.6 Å². The van der Waals surface area contributed by atoms with Gasteiger partial charge in [-0.15, -0.1) is 0 Å². The Morgan fingerprint density at radius 1 is 0.931 bits per heavy atom. The van der Waals surface area contributed by atoms with Crippen LogP contribution in [0.5, 0.6) is 11.6 Å². The summed E-state index contributed by atoms with van der Waals surface area (Å²) in [6.07, 6.45) is 4.05. The minimum Gasteiger partial charge on any atom is -0.485 e. The number of aliphatic carboxylic acids is 1. The summed E-state index contributed by atoms with van der Waals surface area (Å²) in [5, 5.41) is 8.61. The topological polar surface area (TPSA) is 85.7 Å². The number of benzene rings is 2. The van der Waals surface area contributed by atoms with Gasteiger partial charge in [0.1, 0.15) is 12.4 Å². The third-order valence-electron chi connectivity index (χ3n) is 3.95. The third kappa shape index (κ3) is 6.32. The quantitative estimate of drug-likeness (QED) is 0.439. The highest BCUT2D eigenvalue weighted by Gasteiger charge is 2.06. The van der Waals surface area contributed by atoms with Gasteiger partial charge in [-0.3, -0.25) is 4.79 Å². The van der Waals surface area contributed by atoms with Gasteiger partial charge in [0.2, 0.25) is 5.88 Å². The summed E-state index contributed by atoms with van der Waals surface area (Å²) < 4.78 is 11.2. The fourth-order valence-corrected chi connectivity index (χ4v) is 2.44. The predicted molar refractivity (Wildman–Crippen MR) is 108 cm³/mol. The molecular weight excluding hydrogens is 370 g/mol. The zero-order chi connectivity index (χ0) is 20.5. The van der Waals surface area contributed by atoms with Crippen molar-refractivity contribution in [3.8, 4) is 11.6 Å². The van der Waals surface area contributed by atoms with E-state index >= 15 is 0 Å². The van der Waals surface area contributed by atoms with E-state index in [9.17, 15) is 9.59 Å². The van der Waals surface area contributed by atoms with Gasteiger partial charge in [-0.25, -0.2) is 9.78 Å². The summed E-state index contributed by atoms with van der Waals surface area (Å²) in [6, 6.07) is 19.7. The lowest BCUT2D eigenvalue weighted by molar-refractivity contribution is -0.131. The van der Waals surface area contributed by atoms with Gasteiger partial charge in [0.05, 0.1) is 0 Å². The Labute approximate surface area is 168 Å². The third-order valence-corrected chi connectivity index (χ3v) is 3.95. The average Bonchev–Trinajstić information content (AvgIpc) is 2.76. The number of pyridine rings is 1. The molecule has 146 valence electrons. The van der Waals surface area contributed by atoms with Crippen molar-refractivity contribution in [2.24, 2.45) is 0 Å². The van der Waals surface area contributed by atoms with Crippen LogP contribution in [-0.2, 0) is 11.4 Å². The summed E-state index contributed by atoms with van der Waals surface area (Å²) in [6.45, 7) is 0.299. The zero-order valence-electron chi connectivity index (χ0n) is 15.5. The highest BCUT2D eigenvalue weighted by molar-refractivity contribution is 5.97. The molecule has 1 heterocycles. The lowest BCUT2D eigenvalue weighted by atomic mass is 10.1. The first-order chi connectivity index (χ1) is 14.1. The molecule has 6 heteroatoms. The molecule has 0 saturated carbocycles. The number of nitrogens with zero attached hydrogens (tertiary/aromatic N) is 1. The van der Waals surface area contributed by atoms with E-state index in [1.54, 1.807) is 36.4 Å². The SMILES string of the molecule is O=C(O)/C=C/c1ccc(OCc2ccc(OCC(=O)c3ccccc3)cc2)nc1. The molecule has 2 aromatic carbocycles. The number of ether oxygens (including phenoxy) is 2. The minimum atomic E-state index is -1.01. The fourth-order valence-electron chi connectivity index (χ4n) is 2.44. The zero-order valence-corrected chi connectivity index (χ0v) is 15.5. The van der Waals surface area contributed by atoms with Crippen LogP contribution in [0.3, 0.4) is 0 Å². The van der Waals surface area contributed by atoms with Gasteiger partial charge < -0.3 is 14.6 Å². The van der Waals surface area contributed by atoms with Crippen molar-refractivity contribution < 1.29 is 24.2 Å². The van der Waals surface area contributed by atoms with Gasteiger partial charge in [0, 0.05) is 23.9 Å². The molecule has 0 radical (unpaired) electrons. The lowest BCUT2D eigenvalue weighted by Crippen LogP contribution is -2.11. The molecule has 0 aliphatic heterocycles. The van der Waals surface area contributed by atoms with Crippen LogP contribution in [0.2, 0.25) is 0 Å². The number of Topliss-reactive ketones (excluding diaryl/α,β-unsaturated/α-hetero) is 1. The van der Waals surface area contributed by atoms with Crippen molar-refractivity contribution in [2.45, 2.75) is 6.61 Å². The van der Waals surface area contributed by atoms with Gasteiger partial charge in [-0.2, -0.15) is 0 Å². The van der Waals surface area contributed by atoms with E-state index in [0.717, 1.165) is 11.6 Å². The molecule has 0 aliphatic carbocycles. The van der Waals surface area contributed by atoms with E-state index < -0.39 is 5.97 Å². The Bertz CT molecular complexity index is 980. The molecule has 1 aromatic heterocycles. The van der Waals surface area contributed by atoms with Crippen LogP contribution >= 0.6 is 0 Å². The Kier molecular flexibility index (Phi) is 6.73. The number of hydrogen-bond acceptors (Lipinski definition) is 5. The Balaban J connectivity index is 1.48. The highest BCUT2D eigenvalue weighted by atomic mass is 16.5. The molecule has 0 fully saturated rings.